The second-order valence-electron chi connectivity index (χ2n) is 5.50. The molecule has 0 aliphatic heterocycles. The van der Waals surface area contributed by atoms with Gasteiger partial charge < -0.3 is 15.1 Å². The Morgan fingerprint density at radius 2 is 2.24 bits per heavy atom. The van der Waals surface area contributed by atoms with E-state index in [1.54, 1.807) is 0 Å². The topological polar surface area (TPSA) is 68.2 Å². The lowest BCUT2D eigenvalue weighted by atomic mass is 9.88. The van der Waals surface area contributed by atoms with Gasteiger partial charge in [-0.25, -0.2) is 0 Å². The largest absolute Gasteiger partial charge is 0.407 e. The molecule has 1 aromatic heterocycles. The lowest BCUT2D eigenvalue weighted by Gasteiger charge is -2.25. The Hall–Kier alpha value is -1.10. The van der Waals surface area contributed by atoms with Crippen LogP contribution in [0, 0.1) is 17.8 Å². The molecule has 5 heteroatoms. The number of aromatic nitrogens is 2. The van der Waals surface area contributed by atoms with E-state index in [0.717, 1.165) is 24.3 Å². The van der Waals surface area contributed by atoms with Gasteiger partial charge >= 0.3 is 6.01 Å². The average Bonchev–Trinajstić information content (AvgIpc) is 3.04. The molecule has 2 aliphatic carbocycles. The van der Waals surface area contributed by atoms with E-state index in [-0.39, 0.29) is 0 Å². The van der Waals surface area contributed by atoms with Gasteiger partial charge in [-0.2, -0.15) is 0 Å². The fourth-order valence-corrected chi connectivity index (χ4v) is 3.51. The molecule has 0 saturated heterocycles. The summed E-state index contributed by atoms with van der Waals surface area (Å²) >= 11 is 0. The van der Waals surface area contributed by atoms with Crippen LogP contribution in [0.2, 0.25) is 0 Å². The van der Waals surface area contributed by atoms with Crippen molar-refractivity contribution in [1.29, 1.82) is 0 Å². The van der Waals surface area contributed by atoms with E-state index < -0.39 is 0 Å². The first-order valence-corrected chi connectivity index (χ1v) is 6.50. The number of fused-ring (bicyclic) bond motifs is 2. The minimum Gasteiger partial charge on any atom is -0.407 e. The predicted molar refractivity (Wildman–Crippen MR) is 64.4 cm³/mol. The molecule has 2 aliphatic rings. The second kappa shape index (κ2) is 4.29. The molecule has 2 saturated carbocycles. The van der Waals surface area contributed by atoms with Crippen molar-refractivity contribution in [3.05, 3.63) is 5.89 Å². The normalized spacial score (nSPS) is 31.1. The van der Waals surface area contributed by atoms with E-state index in [0.29, 0.717) is 18.5 Å². The third kappa shape index (κ3) is 2.04. The monoisotopic (exact) mass is 236 g/mol. The summed E-state index contributed by atoms with van der Waals surface area (Å²) < 4.78 is 5.46. The Labute approximate surface area is 101 Å². The molecule has 3 rings (SSSR count). The number of nitrogens with two attached hydrogens (primary N) is 1. The first kappa shape index (κ1) is 11.0. The fourth-order valence-electron chi connectivity index (χ4n) is 3.51. The summed E-state index contributed by atoms with van der Waals surface area (Å²) in [6.45, 7) is 1.35. The number of rotatable bonds is 4. The van der Waals surface area contributed by atoms with Gasteiger partial charge in [-0.15, -0.1) is 5.10 Å². The Bertz CT molecular complexity index is 392. The van der Waals surface area contributed by atoms with Crippen LogP contribution in [0.25, 0.3) is 0 Å². The summed E-state index contributed by atoms with van der Waals surface area (Å²) in [5, 5.41) is 7.92. The second-order valence-corrected chi connectivity index (χ2v) is 5.50. The van der Waals surface area contributed by atoms with Gasteiger partial charge in [-0.1, -0.05) is 11.5 Å². The minimum absolute atomic E-state index is 0.314. The summed E-state index contributed by atoms with van der Waals surface area (Å²) in [4.78, 5) is 2.08. The van der Waals surface area contributed by atoms with Crippen LogP contribution in [0.3, 0.4) is 0 Å². The number of hydrogen-bond donors (Lipinski definition) is 1. The summed E-state index contributed by atoms with van der Waals surface area (Å²) in [7, 11) is 2.03. The molecule has 0 amide bonds. The molecular formula is C12H20N4O. The SMILES string of the molecule is CN(CC1CC2CCC1C2)c1nnc(CN)o1. The van der Waals surface area contributed by atoms with Crippen molar-refractivity contribution < 1.29 is 4.42 Å². The molecule has 94 valence electrons. The molecule has 0 aromatic carbocycles. The van der Waals surface area contributed by atoms with Crippen LogP contribution < -0.4 is 10.6 Å². The summed E-state index contributed by atoms with van der Waals surface area (Å²) in [5.74, 6) is 3.24. The van der Waals surface area contributed by atoms with Gasteiger partial charge in [0.25, 0.3) is 0 Å². The van der Waals surface area contributed by atoms with Crippen LogP contribution in [-0.4, -0.2) is 23.8 Å². The maximum atomic E-state index is 5.46. The molecule has 2 N–H and O–H groups in total. The third-order valence-corrected chi connectivity index (χ3v) is 4.35. The van der Waals surface area contributed by atoms with Crippen molar-refractivity contribution in [2.75, 3.05) is 18.5 Å². The van der Waals surface area contributed by atoms with E-state index in [4.69, 9.17) is 10.2 Å². The van der Waals surface area contributed by atoms with Gasteiger partial charge in [0.2, 0.25) is 5.89 Å². The van der Waals surface area contributed by atoms with Crippen LogP contribution in [0.15, 0.2) is 4.42 Å². The molecule has 0 radical (unpaired) electrons. The summed E-state index contributed by atoms with van der Waals surface area (Å²) in [6.07, 6.45) is 5.69. The Balaban J connectivity index is 1.61. The van der Waals surface area contributed by atoms with Crippen molar-refractivity contribution >= 4 is 6.01 Å². The van der Waals surface area contributed by atoms with Gasteiger partial charge in [0, 0.05) is 13.6 Å². The molecule has 3 atom stereocenters. The van der Waals surface area contributed by atoms with Gasteiger partial charge in [-0.3, -0.25) is 0 Å². The van der Waals surface area contributed by atoms with Crippen molar-refractivity contribution in [2.24, 2.45) is 23.5 Å². The quantitative estimate of drug-likeness (QED) is 0.855. The van der Waals surface area contributed by atoms with Crippen LogP contribution in [-0.2, 0) is 6.54 Å². The molecule has 1 heterocycles. The van der Waals surface area contributed by atoms with E-state index in [2.05, 4.69) is 15.1 Å². The van der Waals surface area contributed by atoms with Gasteiger partial charge in [0.05, 0.1) is 6.54 Å². The van der Waals surface area contributed by atoms with E-state index in [9.17, 15) is 0 Å². The lowest BCUT2D eigenvalue weighted by molar-refractivity contribution is 0.332. The van der Waals surface area contributed by atoms with Crippen LogP contribution in [0.1, 0.15) is 31.6 Å². The zero-order chi connectivity index (χ0) is 11.8. The first-order valence-electron chi connectivity index (χ1n) is 6.50. The molecule has 5 nitrogen and oxygen atoms in total. The molecule has 2 bridgehead atoms. The minimum atomic E-state index is 0.314. The maximum absolute atomic E-state index is 5.46. The van der Waals surface area contributed by atoms with E-state index in [1.807, 2.05) is 7.05 Å². The molecule has 0 spiro atoms. The summed E-state index contributed by atoms with van der Waals surface area (Å²) in [6, 6.07) is 0.605. The van der Waals surface area contributed by atoms with Gasteiger partial charge in [-0.05, 0) is 37.0 Å². The number of anilines is 1. The molecular weight excluding hydrogens is 216 g/mol. The predicted octanol–water partition coefficient (Wildman–Crippen LogP) is 1.40. The van der Waals surface area contributed by atoms with Gasteiger partial charge in [0.15, 0.2) is 0 Å². The smallest absolute Gasteiger partial charge is 0.317 e. The van der Waals surface area contributed by atoms with Crippen molar-refractivity contribution in [1.82, 2.24) is 10.2 Å². The highest BCUT2D eigenvalue weighted by atomic mass is 16.4. The highest BCUT2D eigenvalue weighted by molar-refractivity contribution is 5.22. The van der Waals surface area contributed by atoms with Gasteiger partial charge in [0.1, 0.15) is 0 Å². The highest BCUT2D eigenvalue weighted by Crippen LogP contribution is 2.48. The number of hydrogen-bond acceptors (Lipinski definition) is 5. The van der Waals surface area contributed by atoms with Crippen molar-refractivity contribution in [3.63, 3.8) is 0 Å². The number of nitrogens with zero attached hydrogens (tertiary/aromatic N) is 3. The Kier molecular flexibility index (Phi) is 2.78. The van der Waals surface area contributed by atoms with Crippen molar-refractivity contribution in [3.8, 4) is 0 Å². The van der Waals surface area contributed by atoms with Crippen LogP contribution >= 0.6 is 0 Å². The van der Waals surface area contributed by atoms with E-state index in [1.165, 1.54) is 25.7 Å². The van der Waals surface area contributed by atoms with E-state index >= 15 is 0 Å². The fraction of sp³-hybridized carbons (Fsp3) is 0.833. The van der Waals surface area contributed by atoms with Crippen LogP contribution in [0.4, 0.5) is 6.01 Å². The Morgan fingerprint density at radius 1 is 1.35 bits per heavy atom. The van der Waals surface area contributed by atoms with Crippen molar-refractivity contribution in [2.45, 2.75) is 32.2 Å². The molecule has 17 heavy (non-hydrogen) atoms. The zero-order valence-corrected chi connectivity index (χ0v) is 10.3. The average molecular weight is 236 g/mol. The molecule has 2 fully saturated rings. The highest BCUT2D eigenvalue weighted by Gasteiger charge is 2.39. The first-order chi connectivity index (χ1) is 8.26. The standard InChI is InChI=1S/C12H20N4O/c1-16(12-15-14-11(6-13)17-12)7-10-5-8-2-3-9(10)4-8/h8-10H,2-7,13H2,1H3. The summed E-state index contributed by atoms with van der Waals surface area (Å²) in [5.41, 5.74) is 5.46. The van der Waals surface area contributed by atoms with Crippen LogP contribution in [0.5, 0.6) is 0 Å². The maximum Gasteiger partial charge on any atom is 0.317 e. The molecule has 1 aromatic rings. The zero-order valence-electron chi connectivity index (χ0n) is 10.3. The Morgan fingerprint density at radius 3 is 2.82 bits per heavy atom. The molecule has 3 unspecified atom stereocenters. The third-order valence-electron chi connectivity index (χ3n) is 4.35. The lowest BCUT2D eigenvalue weighted by Crippen LogP contribution is -2.28.